The summed E-state index contributed by atoms with van der Waals surface area (Å²) in [5.41, 5.74) is 3.03. The summed E-state index contributed by atoms with van der Waals surface area (Å²) < 4.78 is 29.5. The minimum absolute atomic E-state index is 0.288. The lowest BCUT2D eigenvalue weighted by molar-refractivity contribution is 0.603. The van der Waals surface area contributed by atoms with Crippen molar-refractivity contribution in [2.75, 3.05) is 4.72 Å². The van der Waals surface area contributed by atoms with Crippen molar-refractivity contribution in [1.29, 1.82) is 0 Å². The Morgan fingerprint density at radius 3 is 2.55 bits per heavy atom. The van der Waals surface area contributed by atoms with Crippen LogP contribution in [0.4, 0.5) is 5.69 Å². The molecule has 3 aromatic rings. The summed E-state index contributed by atoms with van der Waals surface area (Å²) in [4.78, 5) is 0. The number of aryl methyl sites for hydroxylation is 2. The fourth-order valence-electron chi connectivity index (χ4n) is 2.23. The minimum Gasteiger partial charge on any atom is -0.277 e. The first-order chi connectivity index (χ1) is 10.5. The lowest BCUT2D eigenvalue weighted by Crippen LogP contribution is -2.14. The van der Waals surface area contributed by atoms with Gasteiger partial charge < -0.3 is 0 Å². The summed E-state index contributed by atoms with van der Waals surface area (Å²) in [6.07, 6.45) is 0. The Labute approximate surface area is 133 Å². The third kappa shape index (κ3) is 2.77. The number of benzene rings is 1. The Morgan fingerprint density at radius 1 is 1.14 bits per heavy atom. The van der Waals surface area contributed by atoms with Crippen LogP contribution in [0.25, 0.3) is 5.69 Å². The highest BCUT2D eigenvalue weighted by atomic mass is 32.2. The molecule has 0 radical (unpaired) electrons. The lowest BCUT2D eigenvalue weighted by Gasteiger charge is -2.13. The van der Waals surface area contributed by atoms with Gasteiger partial charge in [0.25, 0.3) is 10.0 Å². The van der Waals surface area contributed by atoms with Gasteiger partial charge in [0, 0.05) is 5.69 Å². The predicted octanol–water partition coefficient (Wildman–Crippen LogP) is 3.35. The van der Waals surface area contributed by atoms with E-state index in [9.17, 15) is 8.42 Å². The number of sulfonamides is 1. The second kappa shape index (κ2) is 5.58. The highest BCUT2D eigenvalue weighted by Crippen LogP contribution is 2.25. The van der Waals surface area contributed by atoms with Gasteiger partial charge in [-0.3, -0.25) is 4.72 Å². The van der Waals surface area contributed by atoms with Crippen molar-refractivity contribution in [3.05, 3.63) is 59.2 Å². The molecular formula is C15H15N3O2S2. The van der Waals surface area contributed by atoms with Crippen molar-refractivity contribution >= 4 is 27.0 Å². The fraction of sp³-hybridized carbons (Fsp3) is 0.133. The number of nitrogens with zero attached hydrogens (tertiary/aromatic N) is 2. The molecule has 0 aliphatic carbocycles. The average Bonchev–Trinajstić information content (AvgIpc) is 3.09. The third-order valence-corrected chi connectivity index (χ3v) is 5.91. The standard InChI is InChI=1S/C15H15N3O2S2/c1-11-10-12(2)18(16-11)14-7-4-3-6-13(14)17-22(19,20)15-8-5-9-21-15/h3-10,17H,1-2H3. The van der Waals surface area contributed by atoms with E-state index in [1.165, 1.54) is 11.3 Å². The van der Waals surface area contributed by atoms with Crippen LogP contribution in [-0.4, -0.2) is 18.2 Å². The molecule has 5 nitrogen and oxygen atoms in total. The summed E-state index contributed by atoms with van der Waals surface area (Å²) >= 11 is 1.19. The molecule has 0 aliphatic heterocycles. The summed E-state index contributed by atoms with van der Waals surface area (Å²) in [5.74, 6) is 0. The van der Waals surface area contributed by atoms with Crippen molar-refractivity contribution in [2.45, 2.75) is 18.1 Å². The topological polar surface area (TPSA) is 64.0 Å². The summed E-state index contributed by atoms with van der Waals surface area (Å²) in [5, 5.41) is 6.16. The number of nitrogens with one attached hydrogen (secondary N) is 1. The Bertz CT molecular complexity index is 897. The zero-order valence-electron chi connectivity index (χ0n) is 12.1. The molecule has 0 atom stereocenters. The van der Waals surface area contributed by atoms with Crippen molar-refractivity contribution in [1.82, 2.24) is 9.78 Å². The fourth-order valence-corrected chi connectivity index (χ4v) is 4.30. The molecular weight excluding hydrogens is 318 g/mol. The zero-order chi connectivity index (χ0) is 15.7. The van der Waals surface area contributed by atoms with Crippen molar-refractivity contribution in [3.8, 4) is 5.69 Å². The van der Waals surface area contributed by atoms with Crippen molar-refractivity contribution in [3.63, 3.8) is 0 Å². The normalized spacial score (nSPS) is 11.5. The molecule has 1 N–H and O–H groups in total. The smallest absolute Gasteiger partial charge is 0.271 e. The first-order valence-electron chi connectivity index (χ1n) is 6.66. The van der Waals surface area contributed by atoms with Crippen LogP contribution in [0.5, 0.6) is 0 Å². The molecule has 0 bridgehead atoms. The molecule has 0 unspecified atom stereocenters. The maximum absolute atomic E-state index is 12.4. The second-order valence-corrected chi connectivity index (χ2v) is 7.75. The first kappa shape index (κ1) is 14.8. The number of thiophene rings is 1. The Kier molecular flexibility index (Phi) is 3.76. The molecule has 0 spiro atoms. The molecule has 0 amide bonds. The van der Waals surface area contributed by atoms with E-state index in [0.717, 1.165) is 11.4 Å². The van der Waals surface area contributed by atoms with Crippen LogP contribution in [0.3, 0.4) is 0 Å². The molecule has 22 heavy (non-hydrogen) atoms. The molecule has 0 saturated heterocycles. The highest BCUT2D eigenvalue weighted by molar-refractivity contribution is 7.94. The van der Waals surface area contributed by atoms with E-state index in [4.69, 9.17) is 0 Å². The van der Waals surface area contributed by atoms with Gasteiger partial charge in [-0.1, -0.05) is 18.2 Å². The van der Waals surface area contributed by atoms with Crippen LogP contribution in [-0.2, 0) is 10.0 Å². The monoisotopic (exact) mass is 333 g/mol. The van der Waals surface area contributed by atoms with Crippen LogP contribution in [0.1, 0.15) is 11.4 Å². The molecule has 2 heterocycles. The van der Waals surface area contributed by atoms with Gasteiger partial charge in [0.15, 0.2) is 0 Å². The molecule has 0 saturated carbocycles. The maximum atomic E-state index is 12.4. The Hall–Kier alpha value is -2.12. The van der Waals surface area contributed by atoms with Crippen LogP contribution >= 0.6 is 11.3 Å². The number of para-hydroxylation sites is 2. The molecule has 114 valence electrons. The first-order valence-corrected chi connectivity index (χ1v) is 9.03. The lowest BCUT2D eigenvalue weighted by atomic mass is 10.2. The molecule has 7 heteroatoms. The number of rotatable bonds is 4. The summed E-state index contributed by atoms with van der Waals surface area (Å²) in [6.45, 7) is 3.84. The van der Waals surface area contributed by atoms with Crippen molar-refractivity contribution in [2.24, 2.45) is 0 Å². The number of aromatic nitrogens is 2. The third-order valence-electron chi connectivity index (χ3n) is 3.15. The van der Waals surface area contributed by atoms with Crippen LogP contribution in [0, 0.1) is 13.8 Å². The van der Waals surface area contributed by atoms with E-state index in [0.29, 0.717) is 11.4 Å². The van der Waals surface area contributed by atoms with Crippen LogP contribution in [0.2, 0.25) is 0 Å². The zero-order valence-corrected chi connectivity index (χ0v) is 13.8. The molecule has 3 rings (SSSR count). The van der Waals surface area contributed by atoms with E-state index in [2.05, 4.69) is 9.82 Å². The summed E-state index contributed by atoms with van der Waals surface area (Å²) in [7, 11) is -3.58. The van der Waals surface area contributed by atoms with Gasteiger partial charge in [-0.15, -0.1) is 11.3 Å². The molecule has 1 aromatic carbocycles. The van der Waals surface area contributed by atoms with E-state index in [1.807, 2.05) is 32.0 Å². The number of hydrogen-bond acceptors (Lipinski definition) is 4. The minimum atomic E-state index is -3.58. The predicted molar refractivity (Wildman–Crippen MR) is 88.2 cm³/mol. The van der Waals surface area contributed by atoms with Crippen molar-refractivity contribution < 1.29 is 8.42 Å². The highest BCUT2D eigenvalue weighted by Gasteiger charge is 2.18. The van der Waals surface area contributed by atoms with Gasteiger partial charge in [-0.05, 0) is 43.5 Å². The second-order valence-electron chi connectivity index (χ2n) is 4.89. The Morgan fingerprint density at radius 2 is 1.91 bits per heavy atom. The van der Waals surface area contributed by atoms with E-state index in [1.54, 1.807) is 34.3 Å². The van der Waals surface area contributed by atoms with Gasteiger partial charge in [0.05, 0.1) is 17.1 Å². The Balaban J connectivity index is 2.05. The summed E-state index contributed by atoms with van der Waals surface area (Å²) in [6, 6.07) is 12.5. The van der Waals surface area contributed by atoms with Gasteiger partial charge in [0.2, 0.25) is 0 Å². The molecule has 0 aliphatic rings. The van der Waals surface area contributed by atoms with E-state index >= 15 is 0 Å². The quantitative estimate of drug-likeness (QED) is 0.796. The number of anilines is 1. The SMILES string of the molecule is Cc1cc(C)n(-c2ccccc2NS(=O)(=O)c2cccs2)n1. The number of hydrogen-bond donors (Lipinski definition) is 1. The van der Waals surface area contributed by atoms with E-state index < -0.39 is 10.0 Å². The van der Waals surface area contributed by atoms with Gasteiger partial charge >= 0.3 is 0 Å². The van der Waals surface area contributed by atoms with Gasteiger partial charge in [-0.25, -0.2) is 13.1 Å². The van der Waals surface area contributed by atoms with E-state index in [-0.39, 0.29) is 4.21 Å². The average molecular weight is 333 g/mol. The molecule has 0 fully saturated rings. The van der Waals surface area contributed by atoms with Gasteiger partial charge in [-0.2, -0.15) is 5.10 Å². The molecule has 2 aromatic heterocycles. The largest absolute Gasteiger partial charge is 0.277 e. The maximum Gasteiger partial charge on any atom is 0.271 e. The van der Waals surface area contributed by atoms with Gasteiger partial charge in [0.1, 0.15) is 4.21 Å². The van der Waals surface area contributed by atoms with Crippen LogP contribution < -0.4 is 4.72 Å². The van der Waals surface area contributed by atoms with Crippen LogP contribution in [0.15, 0.2) is 52.1 Å².